The Kier molecular flexibility index (Phi) is 2.87. The first-order valence-electron chi connectivity index (χ1n) is 5.14. The number of aliphatic hydroxyl groups excluding tert-OH is 1. The second-order valence-electron chi connectivity index (χ2n) is 3.54. The van der Waals surface area contributed by atoms with Crippen LogP contribution in [0.4, 0.5) is 5.95 Å². The van der Waals surface area contributed by atoms with Crippen LogP contribution in [0.25, 0.3) is 11.0 Å². The standard InChI is InChI=1S/C11H15N3O/c12-11-13-9-5-1-2-6-10(9)14(11)7-3-4-8-15/h1-2,5-6,15H,3-4,7-8H2,(H2,12,13). The zero-order valence-electron chi connectivity index (χ0n) is 8.56. The molecule has 0 radical (unpaired) electrons. The molecule has 1 aromatic carbocycles. The van der Waals surface area contributed by atoms with Crippen LogP contribution in [0.1, 0.15) is 12.8 Å². The van der Waals surface area contributed by atoms with E-state index in [2.05, 4.69) is 4.98 Å². The monoisotopic (exact) mass is 205 g/mol. The minimum Gasteiger partial charge on any atom is -0.396 e. The largest absolute Gasteiger partial charge is 0.396 e. The van der Waals surface area contributed by atoms with Crippen LogP contribution in [-0.2, 0) is 6.54 Å². The van der Waals surface area contributed by atoms with Gasteiger partial charge < -0.3 is 15.4 Å². The lowest BCUT2D eigenvalue weighted by Crippen LogP contribution is -2.03. The van der Waals surface area contributed by atoms with Gasteiger partial charge >= 0.3 is 0 Å². The molecule has 0 saturated carbocycles. The Morgan fingerprint density at radius 2 is 2.07 bits per heavy atom. The third-order valence-electron chi connectivity index (χ3n) is 2.47. The first-order valence-corrected chi connectivity index (χ1v) is 5.14. The Labute approximate surface area is 88.3 Å². The van der Waals surface area contributed by atoms with E-state index < -0.39 is 0 Å². The van der Waals surface area contributed by atoms with Gasteiger partial charge in [-0.15, -0.1) is 0 Å². The SMILES string of the molecule is Nc1nc2ccccc2n1CCCCO. The Bertz CT molecular complexity index is 450. The van der Waals surface area contributed by atoms with Crippen LogP contribution >= 0.6 is 0 Å². The van der Waals surface area contributed by atoms with E-state index in [1.54, 1.807) is 0 Å². The molecule has 4 nitrogen and oxygen atoms in total. The van der Waals surface area contributed by atoms with Crippen molar-refractivity contribution in [3.63, 3.8) is 0 Å². The van der Waals surface area contributed by atoms with E-state index in [4.69, 9.17) is 10.8 Å². The van der Waals surface area contributed by atoms with Crippen molar-refractivity contribution in [3.8, 4) is 0 Å². The van der Waals surface area contributed by atoms with Gasteiger partial charge in [0.1, 0.15) is 0 Å². The average Bonchev–Trinajstić information content (AvgIpc) is 2.56. The number of nitrogens with zero attached hydrogens (tertiary/aromatic N) is 2. The van der Waals surface area contributed by atoms with Crippen LogP contribution in [-0.4, -0.2) is 21.3 Å². The van der Waals surface area contributed by atoms with Gasteiger partial charge in [0.25, 0.3) is 0 Å². The quantitative estimate of drug-likeness (QED) is 0.741. The van der Waals surface area contributed by atoms with E-state index in [0.29, 0.717) is 5.95 Å². The van der Waals surface area contributed by atoms with Gasteiger partial charge in [-0.2, -0.15) is 0 Å². The maximum atomic E-state index is 8.72. The van der Waals surface area contributed by atoms with Crippen LogP contribution in [0.15, 0.2) is 24.3 Å². The molecule has 2 aromatic rings. The molecule has 3 N–H and O–H groups in total. The topological polar surface area (TPSA) is 64.1 Å². The van der Waals surface area contributed by atoms with Crippen molar-refractivity contribution in [1.29, 1.82) is 0 Å². The highest BCUT2D eigenvalue weighted by Gasteiger charge is 2.05. The number of aryl methyl sites for hydroxylation is 1. The molecular formula is C11H15N3O. The number of hydrogen-bond acceptors (Lipinski definition) is 3. The number of benzene rings is 1. The number of imidazole rings is 1. The Balaban J connectivity index is 2.28. The summed E-state index contributed by atoms with van der Waals surface area (Å²) in [5.41, 5.74) is 7.82. The molecule has 4 heteroatoms. The molecular weight excluding hydrogens is 190 g/mol. The van der Waals surface area contributed by atoms with Gasteiger partial charge in [-0.25, -0.2) is 4.98 Å². The van der Waals surface area contributed by atoms with Crippen molar-refractivity contribution in [2.45, 2.75) is 19.4 Å². The highest BCUT2D eigenvalue weighted by molar-refractivity contribution is 5.78. The summed E-state index contributed by atoms with van der Waals surface area (Å²) in [6, 6.07) is 7.89. The van der Waals surface area contributed by atoms with E-state index in [9.17, 15) is 0 Å². The first-order chi connectivity index (χ1) is 7.33. The number of rotatable bonds is 4. The fraction of sp³-hybridized carbons (Fsp3) is 0.364. The molecule has 15 heavy (non-hydrogen) atoms. The molecule has 1 aromatic heterocycles. The summed E-state index contributed by atoms with van der Waals surface area (Å²) < 4.78 is 1.99. The predicted octanol–water partition coefficient (Wildman–Crippen LogP) is 1.39. The Hall–Kier alpha value is -1.55. The van der Waals surface area contributed by atoms with Crippen molar-refractivity contribution in [2.75, 3.05) is 12.3 Å². The molecule has 2 rings (SSSR count). The highest BCUT2D eigenvalue weighted by atomic mass is 16.2. The molecule has 80 valence electrons. The molecule has 0 unspecified atom stereocenters. The third kappa shape index (κ3) is 1.94. The molecule has 0 amide bonds. The molecule has 0 atom stereocenters. The summed E-state index contributed by atoms with van der Waals surface area (Å²) in [5.74, 6) is 0.550. The lowest BCUT2D eigenvalue weighted by Gasteiger charge is -2.04. The van der Waals surface area contributed by atoms with Gasteiger partial charge in [-0.05, 0) is 25.0 Å². The summed E-state index contributed by atoms with van der Waals surface area (Å²) >= 11 is 0. The molecule has 1 heterocycles. The van der Waals surface area contributed by atoms with Crippen LogP contribution in [0, 0.1) is 0 Å². The maximum absolute atomic E-state index is 8.72. The van der Waals surface area contributed by atoms with Crippen LogP contribution in [0.3, 0.4) is 0 Å². The summed E-state index contributed by atoms with van der Waals surface area (Å²) in [4.78, 5) is 4.27. The van der Waals surface area contributed by atoms with E-state index in [-0.39, 0.29) is 6.61 Å². The van der Waals surface area contributed by atoms with Crippen molar-refractivity contribution in [2.24, 2.45) is 0 Å². The molecule has 0 aliphatic rings. The number of hydrogen-bond donors (Lipinski definition) is 2. The van der Waals surface area contributed by atoms with Crippen molar-refractivity contribution < 1.29 is 5.11 Å². The van der Waals surface area contributed by atoms with Gasteiger partial charge in [-0.1, -0.05) is 12.1 Å². The van der Waals surface area contributed by atoms with E-state index >= 15 is 0 Å². The van der Waals surface area contributed by atoms with Gasteiger partial charge in [0.2, 0.25) is 5.95 Å². The normalized spacial score (nSPS) is 11.0. The summed E-state index contributed by atoms with van der Waals surface area (Å²) in [6.45, 7) is 1.04. The van der Waals surface area contributed by atoms with Gasteiger partial charge in [-0.3, -0.25) is 0 Å². The second kappa shape index (κ2) is 4.31. The fourth-order valence-electron chi connectivity index (χ4n) is 1.71. The minimum absolute atomic E-state index is 0.229. The zero-order chi connectivity index (χ0) is 10.7. The molecule has 0 spiro atoms. The maximum Gasteiger partial charge on any atom is 0.201 e. The van der Waals surface area contributed by atoms with Gasteiger partial charge in [0.05, 0.1) is 11.0 Å². The zero-order valence-corrected chi connectivity index (χ0v) is 8.56. The van der Waals surface area contributed by atoms with Crippen molar-refractivity contribution in [3.05, 3.63) is 24.3 Å². The number of para-hydroxylation sites is 2. The third-order valence-corrected chi connectivity index (χ3v) is 2.47. The fourth-order valence-corrected chi connectivity index (χ4v) is 1.71. The van der Waals surface area contributed by atoms with Crippen LogP contribution in [0.5, 0.6) is 0 Å². The minimum atomic E-state index is 0.229. The number of nitrogen functional groups attached to an aromatic ring is 1. The Morgan fingerprint density at radius 1 is 1.27 bits per heavy atom. The van der Waals surface area contributed by atoms with Crippen LogP contribution < -0.4 is 5.73 Å². The summed E-state index contributed by atoms with van der Waals surface area (Å²) in [6.07, 6.45) is 1.72. The average molecular weight is 205 g/mol. The van der Waals surface area contributed by atoms with E-state index in [0.717, 1.165) is 30.4 Å². The lowest BCUT2D eigenvalue weighted by atomic mass is 10.3. The molecule has 0 fully saturated rings. The number of aromatic nitrogens is 2. The van der Waals surface area contributed by atoms with Gasteiger partial charge in [0, 0.05) is 13.2 Å². The molecule has 0 aliphatic carbocycles. The smallest absolute Gasteiger partial charge is 0.201 e. The number of aliphatic hydroxyl groups is 1. The van der Waals surface area contributed by atoms with E-state index in [1.165, 1.54) is 0 Å². The number of unbranched alkanes of at least 4 members (excludes halogenated alkanes) is 1. The lowest BCUT2D eigenvalue weighted by molar-refractivity contribution is 0.281. The highest BCUT2D eigenvalue weighted by Crippen LogP contribution is 2.17. The van der Waals surface area contributed by atoms with Crippen LogP contribution in [0.2, 0.25) is 0 Å². The van der Waals surface area contributed by atoms with E-state index in [1.807, 2.05) is 28.8 Å². The summed E-state index contributed by atoms with van der Waals surface area (Å²) in [7, 11) is 0. The number of nitrogens with two attached hydrogens (primary N) is 1. The molecule has 0 bridgehead atoms. The molecule has 0 aliphatic heterocycles. The predicted molar refractivity (Wildman–Crippen MR) is 60.5 cm³/mol. The van der Waals surface area contributed by atoms with Crippen molar-refractivity contribution in [1.82, 2.24) is 9.55 Å². The van der Waals surface area contributed by atoms with Gasteiger partial charge in [0.15, 0.2) is 0 Å². The first kappa shape index (κ1) is 9.98. The number of anilines is 1. The second-order valence-corrected chi connectivity index (χ2v) is 3.54. The number of fused-ring (bicyclic) bond motifs is 1. The Morgan fingerprint density at radius 3 is 2.87 bits per heavy atom. The summed E-state index contributed by atoms with van der Waals surface area (Å²) in [5, 5.41) is 8.72. The van der Waals surface area contributed by atoms with Crippen molar-refractivity contribution >= 4 is 17.0 Å². The molecule has 0 saturated heterocycles.